The second-order valence-corrected chi connectivity index (χ2v) is 6.75. The predicted octanol–water partition coefficient (Wildman–Crippen LogP) is 4.84. The van der Waals surface area contributed by atoms with Crippen molar-refractivity contribution in [2.24, 2.45) is 0 Å². The van der Waals surface area contributed by atoms with Gasteiger partial charge in [0.25, 0.3) is 5.91 Å². The van der Waals surface area contributed by atoms with Crippen molar-refractivity contribution in [3.63, 3.8) is 0 Å². The minimum absolute atomic E-state index is 0.116. The van der Waals surface area contributed by atoms with Gasteiger partial charge in [0.15, 0.2) is 0 Å². The molecule has 2 aromatic carbocycles. The van der Waals surface area contributed by atoms with Crippen molar-refractivity contribution in [3.05, 3.63) is 63.6 Å². The second-order valence-electron chi connectivity index (χ2n) is 5.90. The van der Waals surface area contributed by atoms with E-state index in [2.05, 4.69) is 16.0 Å². The van der Waals surface area contributed by atoms with Crippen LogP contribution < -0.4 is 16.0 Å². The molecule has 1 unspecified atom stereocenters. The normalized spacial score (nSPS) is 11.5. The fourth-order valence-electron chi connectivity index (χ4n) is 2.13. The maximum atomic E-state index is 12.0. The molecule has 0 aliphatic heterocycles. The van der Waals surface area contributed by atoms with Gasteiger partial charge in [0.05, 0.1) is 0 Å². The van der Waals surface area contributed by atoms with Gasteiger partial charge in [-0.15, -0.1) is 0 Å². The lowest BCUT2D eigenvalue weighted by molar-refractivity contribution is 0.0939. The van der Waals surface area contributed by atoms with Crippen LogP contribution in [-0.2, 0) is 6.54 Å². The van der Waals surface area contributed by atoms with Crippen molar-refractivity contribution in [2.45, 2.75) is 32.9 Å². The molecule has 0 aromatic heterocycles. The third-order valence-corrected chi connectivity index (χ3v) is 4.44. The molecule has 0 fully saturated rings. The number of anilines is 1. The molecule has 3 amide bonds. The number of urea groups is 1. The molecule has 0 bridgehead atoms. The molecule has 1 atom stereocenters. The standard InChI is InChI=1S/C19H21Cl2N3O2/c1-3-12(2)23-18(25)13-5-8-16(9-6-13)24-19(26)22-11-14-4-7-15(20)10-17(14)21/h4-10,12H,3,11H2,1-2H3,(H,23,25)(H2,22,24,26). The van der Waals surface area contributed by atoms with Crippen LogP contribution in [0, 0.1) is 0 Å². The molecule has 7 heteroatoms. The van der Waals surface area contributed by atoms with Gasteiger partial charge < -0.3 is 16.0 Å². The SMILES string of the molecule is CCC(C)NC(=O)c1ccc(NC(=O)NCc2ccc(Cl)cc2Cl)cc1. The van der Waals surface area contributed by atoms with Gasteiger partial charge in [0.2, 0.25) is 0 Å². The minimum Gasteiger partial charge on any atom is -0.350 e. The van der Waals surface area contributed by atoms with Crippen LogP contribution >= 0.6 is 23.2 Å². The zero-order valence-electron chi connectivity index (χ0n) is 14.6. The molecule has 3 N–H and O–H groups in total. The summed E-state index contributed by atoms with van der Waals surface area (Å²) in [5, 5.41) is 9.36. The van der Waals surface area contributed by atoms with E-state index in [0.29, 0.717) is 21.3 Å². The van der Waals surface area contributed by atoms with Gasteiger partial charge in [-0.3, -0.25) is 4.79 Å². The summed E-state index contributed by atoms with van der Waals surface area (Å²) in [6, 6.07) is 11.6. The maximum absolute atomic E-state index is 12.0. The van der Waals surface area contributed by atoms with Crippen LogP contribution in [0.3, 0.4) is 0 Å². The van der Waals surface area contributed by atoms with Crippen molar-refractivity contribution >= 4 is 40.8 Å². The van der Waals surface area contributed by atoms with Crippen LogP contribution in [0.1, 0.15) is 36.2 Å². The molecular formula is C19H21Cl2N3O2. The predicted molar refractivity (Wildman–Crippen MR) is 106 cm³/mol. The van der Waals surface area contributed by atoms with Gasteiger partial charge in [-0.1, -0.05) is 36.2 Å². The number of carbonyl (C=O) groups excluding carboxylic acids is 2. The van der Waals surface area contributed by atoms with Crippen molar-refractivity contribution in [2.75, 3.05) is 5.32 Å². The number of nitrogens with one attached hydrogen (secondary N) is 3. The van der Waals surface area contributed by atoms with Crippen LogP contribution in [0.5, 0.6) is 0 Å². The molecule has 0 radical (unpaired) electrons. The molecule has 0 heterocycles. The van der Waals surface area contributed by atoms with Crippen molar-refractivity contribution in [1.82, 2.24) is 10.6 Å². The van der Waals surface area contributed by atoms with Crippen LogP contribution in [0.4, 0.5) is 10.5 Å². The smallest absolute Gasteiger partial charge is 0.319 e. The number of benzene rings is 2. The third kappa shape index (κ3) is 5.93. The summed E-state index contributed by atoms with van der Waals surface area (Å²) in [6.07, 6.45) is 0.864. The lowest BCUT2D eigenvalue weighted by Gasteiger charge is -2.12. The first-order valence-electron chi connectivity index (χ1n) is 8.28. The Bertz CT molecular complexity index is 779. The van der Waals surface area contributed by atoms with Gasteiger partial charge in [-0.25, -0.2) is 4.79 Å². The van der Waals surface area contributed by atoms with E-state index in [1.54, 1.807) is 42.5 Å². The first-order chi connectivity index (χ1) is 12.4. The first kappa shape index (κ1) is 20.1. The van der Waals surface area contributed by atoms with Gasteiger partial charge in [-0.2, -0.15) is 0 Å². The molecule has 5 nitrogen and oxygen atoms in total. The van der Waals surface area contributed by atoms with Gasteiger partial charge in [-0.05, 0) is 55.3 Å². The van der Waals surface area contributed by atoms with Crippen molar-refractivity contribution in [1.29, 1.82) is 0 Å². The average molecular weight is 394 g/mol. The molecule has 26 heavy (non-hydrogen) atoms. The number of amides is 3. The monoisotopic (exact) mass is 393 g/mol. The summed E-state index contributed by atoms with van der Waals surface area (Å²) in [6.45, 7) is 4.23. The van der Waals surface area contributed by atoms with E-state index in [4.69, 9.17) is 23.2 Å². The van der Waals surface area contributed by atoms with E-state index >= 15 is 0 Å². The van der Waals surface area contributed by atoms with Crippen molar-refractivity contribution in [3.8, 4) is 0 Å². The Balaban J connectivity index is 1.88. The van der Waals surface area contributed by atoms with E-state index in [1.807, 2.05) is 13.8 Å². The molecule has 0 saturated heterocycles. The van der Waals surface area contributed by atoms with E-state index in [9.17, 15) is 9.59 Å². The average Bonchev–Trinajstić information content (AvgIpc) is 2.61. The van der Waals surface area contributed by atoms with E-state index in [-0.39, 0.29) is 24.5 Å². The van der Waals surface area contributed by atoms with Crippen LogP contribution in [0.2, 0.25) is 10.0 Å². The highest BCUT2D eigenvalue weighted by atomic mass is 35.5. The maximum Gasteiger partial charge on any atom is 0.319 e. The summed E-state index contributed by atoms with van der Waals surface area (Å²) in [7, 11) is 0. The Hall–Kier alpha value is -2.24. The Morgan fingerprint density at radius 1 is 1.08 bits per heavy atom. The van der Waals surface area contributed by atoms with Crippen LogP contribution in [0.25, 0.3) is 0 Å². The summed E-state index contributed by atoms with van der Waals surface area (Å²) in [4.78, 5) is 24.0. The summed E-state index contributed by atoms with van der Waals surface area (Å²) in [5.74, 6) is -0.132. The Morgan fingerprint density at radius 2 is 1.77 bits per heavy atom. The van der Waals surface area contributed by atoms with Crippen LogP contribution in [-0.4, -0.2) is 18.0 Å². The molecule has 0 saturated carbocycles. The van der Waals surface area contributed by atoms with Gasteiger partial charge in [0.1, 0.15) is 0 Å². The molecule has 0 aliphatic carbocycles. The number of rotatable bonds is 6. The Kier molecular flexibility index (Phi) is 7.30. The highest BCUT2D eigenvalue weighted by molar-refractivity contribution is 6.35. The minimum atomic E-state index is -0.368. The molecule has 138 valence electrons. The number of hydrogen-bond donors (Lipinski definition) is 3. The number of carbonyl (C=O) groups is 2. The summed E-state index contributed by atoms with van der Waals surface area (Å²) >= 11 is 11.9. The number of hydrogen-bond acceptors (Lipinski definition) is 2. The van der Waals surface area contributed by atoms with E-state index in [0.717, 1.165) is 12.0 Å². The molecule has 2 aromatic rings. The topological polar surface area (TPSA) is 70.2 Å². The fraction of sp³-hybridized carbons (Fsp3) is 0.263. The summed E-state index contributed by atoms with van der Waals surface area (Å²) < 4.78 is 0. The fourth-order valence-corrected chi connectivity index (χ4v) is 2.61. The quantitative estimate of drug-likeness (QED) is 0.656. The highest BCUT2D eigenvalue weighted by Crippen LogP contribution is 2.20. The van der Waals surface area contributed by atoms with E-state index in [1.165, 1.54) is 0 Å². The second kappa shape index (κ2) is 9.46. The zero-order valence-corrected chi connectivity index (χ0v) is 16.1. The van der Waals surface area contributed by atoms with Gasteiger partial charge in [0, 0.05) is 33.9 Å². The number of halogens is 2. The largest absolute Gasteiger partial charge is 0.350 e. The Labute approximate surface area is 163 Å². The van der Waals surface area contributed by atoms with Crippen LogP contribution in [0.15, 0.2) is 42.5 Å². The molecular weight excluding hydrogens is 373 g/mol. The zero-order chi connectivity index (χ0) is 19.1. The third-order valence-electron chi connectivity index (χ3n) is 3.85. The first-order valence-corrected chi connectivity index (χ1v) is 9.04. The lowest BCUT2D eigenvalue weighted by Crippen LogP contribution is -2.32. The molecule has 0 aliphatic rings. The highest BCUT2D eigenvalue weighted by Gasteiger charge is 2.09. The van der Waals surface area contributed by atoms with E-state index < -0.39 is 0 Å². The lowest BCUT2D eigenvalue weighted by atomic mass is 10.1. The molecule has 0 spiro atoms. The summed E-state index contributed by atoms with van der Waals surface area (Å²) in [5.41, 5.74) is 1.90. The van der Waals surface area contributed by atoms with Gasteiger partial charge >= 0.3 is 6.03 Å². The van der Waals surface area contributed by atoms with Crippen molar-refractivity contribution < 1.29 is 9.59 Å². The molecule has 2 rings (SSSR count). The Morgan fingerprint density at radius 3 is 2.38 bits per heavy atom.